The Kier molecular flexibility index (Phi) is 3.59. The van der Waals surface area contributed by atoms with Gasteiger partial charge in [0.05, 0.1) is 16.9 Å². The first-order valence-corrected chi connectivity index (χ1v) is 9.42. The van der Waals surface area contributed by atoms with Crippen molar-refractivity contribution in [3.05, 3.63) is 65.2 Å². The molecule has 7 nitrogen and oxygen atoms in total. The first-order valence-electron chi connectivity index (χ1n) is 7.98. The van der Waals surface area contributed by atoms with Crippen LogP contribution >= 0.6 is 0 Å². The van der Waals surface area contributed by atoms with E-state index in [9.17, 15) is 22.6 Å². The lowest BCUT2D eigenvalue weighted by Gasteiger charge is -2.28. The Labute approximate surface area is 154 Å². The summed E-state index contributed by atoms with van der Waals surface area (Å²) in [4.78, 5) is 26.5. The van der Waals surface area contributed by atoms with Gasteiger partial charge in [-0.2, -0.15) is 8.42 Å². The average molecular weight is 382 g/mol. The minimum Gasteiger partial charge on any atom is -0.397 e. The fraction of sp³-hybridized carbons (Fsp3) is 0.0526. The molecule has 0 fully saturated rings. The first kappa shape index (κ1) is 17.2. The topological polar surface area (TPSA) is 118 Å². The maximum atomic E-state index is 13.1. The van der Waals surface area contributed by atoms with Crippen LogP contribution in [0.1, 0.15) is 26.3 Å². The zero-order chi connectivity index (χ0) is 19.5. The molecule has 136 valence electrons. The van der Waals surface area contributed by atoms with Gasteiger partial charge in [-0.3, -0.25) is 14.1 Å². The summed E-state index contributed by atoms with van der Waals surface area (Å²) in [5.74, 6) is -1.21. The molecule has 27 heavy (non-hydrogen) atoms. The van der Waals surface area contributed by atoms with Crippen molar-refractivity contribution in [2.75, 3.05) is 10.6 Å². The SMILES string of the molecule is Cc1ccc(N2C(=O)c3cccc4c(N)c(S(=O)(=O)O)cc(c34)C2=O)cc1. The molecule has 0 unspecified atom stereocenters. The third kappa shape index (κ3) is 2.49. The van der Waals surface area contributed by atoms with Crippen molar-refractivity contribution in [1.82, 2.24) is 0 Å². The van der Waals surface area contributed by atoms with E-state index in [1.807, 2.05) is 6.92 Å². The van der Waals surface area contributed by atoms with E-state index in [0.717, 1.165) is 16.5 Å². The predicted molar refractivity (Wildman–Crippen MR) is 100 cm³/mol. The van der Waals surface area contributed by atoms with Crippen molar-refractivity contribution in [3.8, 4) is 0 Å². The van der Waals surface area contributed by atoms with Crippen LogP contribution in [0.15, 0.2) is 53.4 Å². The summed E-state index contributed by atoms with van der Waals surface area (Å²) in [7, 11) is -4.65. The summed E-state index contributed by atoms with van der Waals surface area (Å²) < 4.78 is 32.9. The number of imide groups is 1. The van der Waals surface area contributed by atoms with Crippen molar-refractivity contribution in [2.45, 2.75) is 11.8 Å². The van der Waals surface area contributed by atoms with Crippen LogP contribution in [0.2, 0.25) is 0 Å². The van der Waals surface area contributed by atoms with Gasteiger partial charge in [0.2, 0.25) is 0 Å². The number of carbonyl (C=O) groups excluding carboxylic acids is 2. The van der Waals surface area contributed by atoms with Crippen LogP contribution in [0.25, 0.3) is 10.8 Å². The number of nitrogens with two attached hydrogens (primary N) is 1. The van der Waals surface area contributed by atoms with E-state index in [2.05, 4.69) is 0 Å². The van der Waals surface area contributed by atoms with Gasteiger partial charge in [-0.25, -0.2) is 4.90 Å². The van der Waals surface area contributed by atoms with E-state index in [0.29, 0.717) is 5.69 Å². The molecule has 1 aliphatic heterocycles. The Balaban J connectivity index is 2.06. The van der Waals surface area contributed by atoms with Crippen LogP contribution in [0, 0.1) is 6.92 Å². The van der Waals surface area contributed by atoms with E-state index in [4.69, 9.17) is 5.73 Å². The first-order chi connectivity index (χ1) is 12.7. The van der Waals surface area contributed by atoms with Gasteiger partial charge in [-0.15, -0.1) is 0 Å². The van der Waals surface area contributed by atoms with Gasteiger partial charge < -0.3 is 5.73 Å². The summed E-state index contributed by atoms with van der Waals surface area (Å²) in [5.41, 5.74) is 7.24. The standard InChI is InChI=1S/C19H14N2O5S/c1-10-5-7-11(8-6-10)21-18(22)13-4-2-3-12-16(13)14(19(21)23)9-15(17(12)20)27(24,25)26/h2-9H,20H2,1H3,(H,24,25,26). The fourth-order valence-electron chi connectivity index (χ4n) is 3.30. The number of amides is 2. The molecular weight excluding hydrogens is 368 g/mol. The second-order valence-corrected chi connectivity index (χ2v) is 7.71. The third-order valence-corrected chi connectivity index (χ3v) is 5.50. The van der Waals surface area contributed by atoms with Crippen LogP contribution in [0.5, 0.6) is 0 Å². The summed E-state index contributed by atoms with van der Waals surface area (Å²) in [6.45, 7) is 1.88. The number of anilines is 2. The fourth-order valence-corrected chi connectivity index (χ4v) is 3.96. The molecule has 0 bridgehead atoms. The van der Waals surface area contributed by atoms with Gasteiger partial charge >= 0.3 is 0 Å². The lowest BCUT2D eigenvalue weighted by molar-refractivity contribution is 0.0893. The molecular formula is C19H14N2O5S. The predicted octanol–water partition coefficient (Wildman–Crippen LogP) is 2.78. The van der Waals surface area contributed by atoms with Gasteiger partial charge in [0.15, 0.2) is 0 Å². The quantitative estimate of drug-likeness (QED) is 0.400. The zero-order valence-electron chi connectivity index (χ0n) is 14.1. The summed E-state index contributed by atoms with van der Waals surface area (Å²) in [6, 6.07) is 12.4. The van der Waals surface area contributed by atoms with Crippen molar-refractivity contribution in [1.29, 1.82) is 0 Å². The molecule has 0 aromatic heterocycles. The molecule has 4 rings (SSSR count). The molecule has 8 heteroatoms. The zero-order valence-corrected chi connectivity index (χ0v) is 14.9. The largest absolute Gasteiger partial charge is 0.397 e. The van der Waals surface area contributed by atoms with Gasteiger partial charge in [0.25, 0.3) is 21.9 Å². The molecule has 3 aromatic carbocycles. The van der Waals surface area contributed by atoms with Crippen LogP contribution < -0.4 is 10.6 Å². The Morgan fingerprint density at radius 1 is 0.963 bits per heavy atom. The molecule has 2 amide bonds. The van der Waals surface area contributed by atoms with Crippen molar-refractivity contribution < 1.29 is 22.6 Å². The minimum atomic E-state index is -4.65. The maximum Gasteiger partial charge on any atom is 0.296 e. The molecule has 0 atom stereocenters. The summed E-state index contributed by atoms with van der Waals surface area (Å²) in [6.07, 6.45) is 0. The van der Waals surface area contributed by atoms with E-state index in [-0.39, 0.29) is 27.6 Å². The number of carbonyl (C=O) groups is 2. The van der Waals surface area contributed by atoms with Crippen LogP contribution in [0.3, 0.4) is 0 Å². The van der Waals surface area contributed by atoms with Gasteiger partial charge in [-0.1, -0.05) is 29.8 Å². The highest BCUT2D eigenvalue weighted by Crippen LogP contribution is 2.38. The number of hydrogen-bond donors (Lipinski definition) is 2. The van der Waals surface area contributed by atoms with Crippen molar-refractivity contribution >= 4 is 44.1 Å². The van der Waals surface area contributed by atoms with Crippen LogP contribution in [-0.2, 0) is 10.1 Å². The Hall–Kier alpha value is -3.23. The van der Waals surface area contributed by atoms with Crippen LogP contribution in [0.4, 0.5) is 11.4 Å². The van der Waals surface area contributed by atoms with Crippen LogP contribution in [-0.4, -0.2) is 24.8 Å². The van der Waals surface area contributed by atoms with E-state index >= 15 is 0 Å². The molecule has 3 aromatic rings. The lowest BCUT2D eigenvalue weighted by atomic mass is 9.92. The monoisotopic (exact) mass is 382 g/mol. The van der Waals surface area contributed by atoms with Gasteiger partial charge in [-0.05, 0) is 31.2 Å². The number of benzene rings is 3. The number of rotatable bonds is 2. The van der Waals surface area contributed by atoms with E-state index < -0.39 is 26.8 Å². The summed E-state index contributed by atoms with van der Waals surface area (Å²) in [5, 5.41) is 0.503. The van der Waals surface area contributed by atoms with E-state index in [1.54, 1.807) is 36.4 Å². The summed E-state index contributed by atoms with van der Waals surface area (Å²) >= 11 is 0. The number of aryl methyl sites for hydroxylation is 1. The smallest absolute Gasteiger partial charge is 0.296 e. The highest BCUT2D eigenvalue weighted by Gasteiger charge is 2.36. The Morgan fingerprint density at radius 3 is 2.22 bits per heavy atom. The molecule has 0 saturated heterocycles. The Bertz CT molecular complexity index is 1250. The van der Waals surface area contributed by atoms with Gasteiger partial charge in [0, 0.05) is 16.3 Å². The molecule has 0 spiro atoms. The highest BCUT2D eigenvalue weighted by molar-refractivity contribution is 7.86. The number of nitrogen functional groups attached to an aromatic ring is 1. The second-order valence-electron chi connectivity index (χ2n) is 6.32. The second kappa shape index (κ2) is 5.63. The normalized spacial score (nSPS) is 14.1. The molecule has 1 aliphatic rings. The molecule has 3 N–H and O–H groups in total. The molecule has 0 saturated carbocycles. The molecule has 0 radical (unpaired) electrons. The maximum absolute atomic E-state index is 13.1. The van der Waals surface area contributed by atoms with Crippen molar-refractivity contribution in [2.24, 2.45) is 0 Å². The molecule has 0 aliphatic carbocycles. The number of nitrogens with zero attached hydrogens (tertiary/aromatic N) is 1. The Morgan fingerprint density at radius 2 is 1.59 bits per heavy atom. The molecule has 1 heterocycles. The third-order valence-electron chi connectivity index (χ3n) is 4.60. The minimum absolute atomic E-state index is 0.0115. The highest BCUT2D eigenvalue weighted by atomic mass is 32.2. The lowest BCUT2D eigenvalue weighted by Crippen LogP contribution is -2.40. The average Bonchev–Trinajstić information content (AvgIpc) is 2.61. The van der Waals surface area contributed by atoms with Crippen molar-refractivity contribution in [3.63, 3.8) is 0 Å². The van der Waals surface area contributed by atoms with Gasteiger partial charge in [0.1, 0.15) is 4.90 Å². The van der Waals surface area contributed by atoms with E-state index in [1.165, 1.54) is 6.07 Å². The number of hydrogen-bond acceptors (Lipinski definition) is 5.